The summed E-state index contributed by atoms with van der Waals surface area (Å²) in [5, 5.41) is 9.66. The first kappa shape index (κ1) is 24.8. The fourth-order valence-corrected chi connectivity index (χ4v) is 5.23. The zero-order chi connectivity index (χ0) is 24.2. The van der Waals surface area contributed by atoms with Crippen molar-refractivity contribution in [2.45, 2.75) is 31.7 Å². The van der Waals surface area contributed by atoms with Crippen molar-refractivity contribution in [3.63, 3.8) is 0 Å². The normalized spacial score (nSPS) is 11.5. The molecule has 3 aromatic carbocycles. The number of aryl methyl sites for hydroxylation is 1. The van der Waals surface area contributed by atoms with Gasteiger partial charge in [0.15, 0.2) is 0 Å². The molecule has 0 spiro atoms. The van der Waals surface area contributed by atoms with Crippen LogP contribution in [0.5, 0.6) is 5.75 Å². The van der Waals surface area contributed by atoms with Crippen molar-refractivity contribution in [1.29, 1.82) is 0 Å². The molecule has 0 aliphatic carbocycles. The summed E-state index contributed by atoms with van der Waals surface area (Å²) in [4.78, 5) is 11.4. The minimum Gasteiger partial charge on any atom is -0.496 e. The average Bonchev–Trinajstić information content (AvgIpc) is 2.77. The van der Waals surface area contributed by atoms with E-state index in [9.17, 15) is 18.3 Å². The van der Waals surface area contributed by atoms with Crippen molar-refractivity contribution >= 4 is 27.6 Å². The number of benzene rings is 3. The van der Waals surface area contributed by atoms with Gasteiger partial charge in [-0.2, -0.15) is 4.31 Å². The van der Waals surface area contributed by atoms with Crippen LogP contribution < -0.4 is 4.74 Å². The zero-order valence-electron chi connectivity index (χ0n) is 18.7. The van der Waals surface area contributed by atoms with Gasteiger partial charge in [-0.3, -0.25) is 4.79 Å². The number of hydrogen-bond acceptors (Lipinski definition) is 4. The number of ether oxygens (including phenoxy) is 1. The van der Waals surface area contributed by atoms with Crippen molar-refractivity contribution in [2.24, 2.45) is 0 Å². The lowest BCUT2D eigenvalue weighted by Crippen LogP contribution is -2.30. The highest BCUT2D eigenvalue weighted by Gasteiger charge is 2.25. The first-order chi connectivity index (χ1) is 15.6. The monoisotopic (exact) mass is 487 g/mol. The van der Waals surface area contributed by atoms with Crippen LogP contribution in [0.3, 0.4) is 0 Å². The lowest BCUT2D eigenvalue weighted by Gasteiger charge is -2.23. The summed E-state index contributed by atoms with van der Waals surface area (Å²) >= 11 is 5.93. The second-order valence-electron chi connectivity index (χ2n) is 7.65. The zero-order valence-corrected chi connectivity index (χ0v) is 20.3. The summed E-state index contributed by atoms with van der Waals surface area (Å²) in [5.74, 6) is -0.348. The van der Waals surface area contributed by atoms with Gasteiger partial charge in [-0.1, -0.05) is 48.4 Å². The molecule has 0 amide bonds. The molecule has 0 saturated heterocycles. The molecule has 6 nitrogen and oxygen atoms in total. The van der Waals surface area contributed by atoms with E-state index in [4.69, 9.17) is 16.3 Å². The fourth-order valence-electron chi connectivity index (χ4n) is 3.68. The van der Waals surface area contributed by atoms with Crippen molar-refractivity contribution < 1.29 is 23.1 Å². The molecule has 0 aliphatic heterocycles. The Morgan fingerprint density at radius 1 is 1.03 bits per heavy atom. The number of aliphatic carboxylic acids is 1. The Balaban J connectivity index is 2.08. The topological polar surface area (TPSA) is 83.9 Å². The van der Waals surface area contributed by atoms with E-state index in [1.54, 1.807) is 44.4 Å². The third-order valence-electron chi connectivity index (χ3n) is 5.32. The van der Waals surface area contributed by atoms with Gasteiger partial charge in [0, 0.05) is 23.7 Å². The summed E-state index contributed by atoms with van der Waals surface area (Å²) in [6.45, 7) is 4.14. The standard InChI is InChI=1S/C25H26ClNO5S/c1-4-27(33(30,31)21-9-7-20(26)8-10-21)16-19-13-17(2)5-11-22(19)23-14-18(15-25(28)29)6-12-24(23)32-3/h5-14H,4,15-16H2,1-3H3,(H,28,29). The summed E-state index contributed by atoms with van der Waals surface area (Å²) in [5.41, 5.74) is 3.90. The van der Waals surface area contributed by atoms with Gasteiger partial charge in [0.25, 0.3) is 0 Å². The van der Waals surface area contributed by atoms with Gasteiger partial charge in [-0.15, -0.1) is 0 Å². The van der Waals surface area contributed by atoms with Crippen LogP contribution in [0, 0.1) is 6.92 Å². The van der Waals surface area contributed by atoms with Crippen LogP contribution in [-0.4, -0.2) is 37.5 Å². The highest BCUT2D eigenvalue weighted by atomic mass is 35.5. The number of carbonyl (C=O) groups is 1. The lowest BCUT2D eigenvalue weighted by atomic mass is 9.95. The molecular formula is C25H26ClNO5S. The average molecular weight is 488 g/mol. The highest BCUT2D eigenvalue weighted by molar-refractivity contribution is 7.89. The Hall–Kier alpha value is -2.87. The second-order valence-corrected chi connectivity index (χ2v) is 10.0. The molecule has 0 aliphatic rings. The molecule has 0 atom stereocenters. The Bertz CT molecular complexity index is 1260. The number of nitrogens with zero attached hydrogens (tertiary/aromatic N) is 1. The van der Waals surface area contributed by atoms with Crippen molar-refractivity contribution in [3.8, 4) is 16.9 Å². The van der Waals surface area contributed by atoms with Crippen molar-refractivity contribution in [3.05, 3.63) is 82.4 Å². The molecule has 0 unspecified atom stereocenters. The maximum atomic E-state index is 13.3. The fraction of sp³-hybridized carbons (Fsp3) is 0.240. The SMILES string of the molecule is CCN(Cc1cc(C)ccc1-c1cc(CC(=O)O)ccc1OC)S(=O)(=O)c1ccc(Cl)cc1. The molecule has 3 rings (SSSR count). The maximum absolute atomic E-state index is 13.3. The molecule has 8 heteroatoms. The second kappa shape index (κ2) is 10.4. The van der Waals surface area contributed by atoms with E-state index >= 15 is 0 Å². The van der Waals surface area contributed by atoms with Crippen LogP contribution in [-0.2, 0) is 27.8 Å². The minimum absolute atomic E-state index is 0.121. The molecule has 0 fully saturated rings. The Morgan fingerprint density at radius 3 is 2.33 bits per heavy atom. The number of sulfonamides is 1. The number of carboxylic acids is 1. The molecular weight excluding hydrogens is 462 g/mol. The molecule has 1 N–H and O–H groups in total. The molecule has 0 radical (unpaired) electrons. The van der Waals surface area contributed by atoms with Crippen molar-refractivity contribution in [1.82, 2.24) is 4.31 Å². The first-order valence-corrected chi connectivity index (χ1v) is 12.2. The predicted octanol–water partition coefficient (Wildman–Crippen LogP) is 5.16. The molecule has 3 aromatic rings. The van der Waals surface area contributed by atoms with E-state index in [0.717, 1.165) is 16.7 Å². The Kier molecular flexibility index (Phi) is 7.79. The van der Waals surface area contributed by atoms with E-state index in [2.05, 4.69) is 0 Å². The van der Waals surface area contributed by atoms with E-state index in [0.29, 0.717) is 21.9 Å². The van der Waals surface area contributed by atoms with Gasteiger partial charge in [0.1, 0.15) is 5.75 Å². The number of methoxy groups -OCH3 is 1. The van der Waals surface area contributed by atoms with Crippen LogP contribution in [0.1, 0.15) is 23.6 Å². The van der Waals surface area contributed by atoms with E-state index in [1.807, 2.05) is 25.1 Å². The van der Waals surface area contributed by atoms with Crippen LogP contribution in [0.25, 0.3) is 11.1 Å². The molecule has 0 aromatic heterocycles. The number of hydrogen-bond donors (Lipinski definition) is 1. The molecule has 174 valence electrons. The number of halogens is 1. The smallest absolute Gasteiger partial charge is 0.307 e. The largest absolute Gasteiger partial charge is 0.496 e. The summed E-state index contributed by atoms with van der Waals surface area (Å²) < 4.78 is 33.5. The maximum Gasteiger partial charge on any atom is 0.307 e. The van der Waals surface area contributed by atoms with Gasteiger partial charge >= 0.3 is 5.97 Å². The molecule has 0 bridgehead atoms. The summed E-state index contributed by atoms with van der Waals surface area (Å²) in [6.07, 6.45) is -0.121. The van der Waals surface area contributed by atoms with E-state index < -0.39 is 16.0 Å². The lowest BCUT2D eigenvalue weighted by molar-refractivity contribution is -0.136. The van der Waals surface area contributed by atoms with Gasteiger partial charge < -0.3 is 9.84 Å². The third-order valence-corrected chi connectivity index (χ3v) is 7.51. The highest BCUT2D eigenvalue weighted by Crippen LogP contribution is 2.35. The van der Waals surface area contributed by atoms with E-state index in [1.165, 1.54) is 16.4 Å². The quantitative estimate of drug-likeness (QED) is 0.450. The van der Waals surface area contributed by atoms with Gasteiger partial charge in [0.2, 0.25) is 10.0 Å². The van der Waals surface area contributed by atoms with E-state index in [-0.39, 0.29) is 24.4 Å². The molecule has 0 heterocycles. The number of carboxylic acid groups (broad SMARTS) is 1. The Morgan fingerprint density at radius 2 is 1.73 bits per heavy atom. The van der Waals surface area contributed by atoms with Gasteiger partial charge in [0.05, 0.1) is 18.4 Å². The first-order valence-electron chi connectivity index (χ1n) is 10.4. The van der Waals surface area contributed by atoms with Crippen LogP contribution >= 0.6 is 11.6 Å². The number of rotatable bonds is 9. The van der Waals surface area contributed by atoms with Crippen LogP contribution in [0.15, 0.2) is 65.6 Å². The molecule has 33 heavy (non-hydrogen) atoms. The van der Waals surface area contributed by atoms with Crippen LogP contribution in [0.2, 0.25) is 5.02 Å². The van der Waals surface area contributed by atoms with Gasteiger partial charge in [-0.05, 0) is 60.0 Å². The Labute approximate surface area is 199 Å². The summed E-state index contributed by atoms with van der Waals surface area (Å²) in [7, 11) is -2.20. The van der Waals surface area contributed by atoms with Gasteiger partial charge in [-0.25, -0.2) is 8.42 Å². The third kappa shape index (κ3) is 5.74. The van der Waals surface area contributed by atoms with Crippen LogP contribution in [0.4, 0.5) is 0 Å². The summed E-state index contributed by atoms with van der Waals surface area (Å²) in [6, 6.07) is 17.1. The predicted molar refractivity (Wildman–Crippen MR) is 129 cm³/mol. The minimum atomic E-state index is -3.75. The van der Waals surface area contributed by atoms with Crippen molar-refractivity contribution in [2.75, 3.05) is 13.7 Å². The molecule has 0 saturated carbocycles.